The van der Waals surface area contributed by atoms with E-state index in [4.69, 9.17) is 20.8 Å². The molecular formula is C23H19ClFNO2. The minimum Gasteiger partial charge on any atom is -0.491 e. The Kier molecular flexibility index (Phi) is 5.31. The van der Waals surface area contributed by atoms with Gasteiger partial charge in [0.1, 0.15) is 5.52 Å². The summed E-state index contributed by atoms with van der Waals surface area (Å²) in [4.78, 5) is 4.48. The summed E-state index contributed by atoms with van der Waals surface area (Å²) in [5.41, 5.74) is 3.94. The Balaban J connectivity index is 1.56. The van der Waals surface area contributed by atoms with Crippen molar-refractivity contribution in [3.8, 4) is 28.3 Å². The number of fused-ring (bicyclic) bond motifs is 1. The molecule has 142 valence electrons. The van der Waals surface area contributed by atoms with Crippen LogP contribution in [0.15, 0.2) is 65.1 Å². The highest BCUT2D eigenvalue weighted by atomic mass is 35.5. The van der Waals surface area contributed by atoms with Gasteiger partial charge in [0.15, 0.2) is 17.1 Å². The molecule has 4 aromatic rings. The van der Waals surface area contributed by atoms with E-state index in [0.29, 0.717) is 34.4 Å². The van der Waals surface area contributed by atoms with Gasteiger partial charge >= 0.3 is 0 Å². The first-order valence-corrected chi connectivity index (χ1v) is 9.61. The fourth-order valence-corrected chi connectivity index (χ4v) is 3.12. The number of rotatable bonds is 6. The van der Waals surface area contributed by atoms with Crippen LogP contribution in [0.25, 0.3) is 33.7 Å². The lowest BCUT2D eigenvalue weighted by atomic mass is 10.0. The van der Waals surface area contributed by atoms with Gasteiger partial charge < -0.3 is 9.15 Å². The Hall–Kier alpha value is -2.85. The van der Waals surface area contributed by atoms with Crippen molar-refractivity contribution in [2.24, 2.45) is 0 Å². The maximum atomic E-state index is 14.3. The van der Waals surface area contributed by atoms with Crippen molar-refractivity contribution >= 4 is 22.7 Å². The first-order valence-electron chi connectivity index (χ1n) is 9.23. The minimum absolute atomic E-state index is 0.291. The normalized spacial score (nSPS) is 11.1. The molecule has 0 unspecified atom stereocenters. The van der Waals surface area contributed by atoms with E-state index in [1.807, 2.05) is 30.3 Å². The van der Waals surface area contributed by atoms with Gasteiger partial charge in [-0.25, -0.2) is 9.37 Å². The Morgan fingerprint density at radius 3 is 2.46 bits per heavy atom. The number of hydrogen-bond acceptors (Lipinski definition) is 3. The molecule has 0 amide bonds. The zero-order valence-corrected chi connectivity index (χ0v) is 16.2. The number of unbranched alkanes of at least 4 members (excludes halogenated alkanes) is 1. The summed E-state index contributed by atoms with van der Waals surface area (Å²) in [6.45, 7) is 2.60. The second-order valence-electron chi connectivity index (χ2n) is 6.56. The summed E-state index contributed by atoms with van der Waals surface area (Å²) in [6, 6.07) is 18.0. The van der Waals surface area contributed by atoms with E-state index in [1.54, 1.807) is 24.3 Å². The lowest BCUT2D eigenvalue weighted by molar-refractivity contribution is 0.294. The molecule has 5 heteroatoms. The zero-order valence-electron chi connectivity index (χ0n) is 15.4. The summed E-state index contributed by atoms with van der Waals surface area (Å²) in [5, 5.41) is 0.617. The first-order chi connectivity index (χ1) is 13.6. The minimum atomic E-state index is -0.353. The molecule has 28 heavy (non-hydrogen) atoms. The van der Waals surface area contributed by atoms with Crippen LogP contribution >= 0.6 is 11.6 Å². The van der Waals surface area contributed by atoms with Crippen molar-refractivity contribution in [1.82, 2.24) is 4.98 Å². The molecule has 0 N–H and O–H groups in total. The first kappa shape index (κ1) is 18.5. The van der Waals surface area contributed by atoms with E-state index in [2.05, 4.69) is 11.9 Å². The van der Waals surface area contributed by atoms with E-state index >= 15 is 0 Å². The van der Waals surface area contributed by atoms with Gasteiger partial charge in [-0.15, -0.1) is 0 Å². The Morgan fingerprint density at radius 1 is 0.964 bits per heavy atom. The van der Waals surface area contributed by atoms with Crippen LogP contribution < -0.4 is 4.74 Å². The molecule has 0 aliphatic carbocycles. The van der Waals surface area contributed by atoms with Gasteiger partial charge in [0.25, 0.3) is 0 Å². The number of halogens is 2. The quantitative estimate of drug-likeness (QED) is 0.325. The molecule has 4 rings (SSSR count). The van der Waals surface area contributed by atoms with Crippen LogP contribution in [0.3, 0.4) is 0 Å². The summed E-state index contributed by atoms with van der Waals surface area (Å²) < 4.78 is 25.6. The topological polar surface area (TPSA) is 35.3 Å². The number of oxazole rings is 1. The highest BCUT2D eigenvalue weighted by molar-refractivity contribution is 6.31. The van der Waals surface area contributed by atoms with Crippen molar-refractivity contribution in [3.05, 3.63) is 71.5 Å². The van der Waals surface area contributed by atoms with Crippen LogP contribution in [0.2, 0.25) is 5.02 Å². The zero-order chi connectivity index (χ0) is 19.5. The van der Waals surface area contributed by atoms with Gasteiger partial charge in [0, 0.05) is 10.6 Å². The van der Waals surface area contributed by atoms with E-state index in [9.17, 15) is 4.39 Å². The number of aromatic nitrogens is 1. The molecule has 1 aromatic heterocycles. The fraction of sp³-hybridized carbons (Fsp3) is 0.174. The Bertz CT molecular complexity index is 1110. The number of ether oxygens (including phenoxy) is 1. The average molecular weight is 396 g/mol. The van der Waals surface area contributed by atoms with Crippen LogP contribution in [-0.2, 0) is 0 Å². The summed E-state index contributed by atoms with van der Waals surface area (Å²) in [6.07, 6.45) is 1.92. The SMILES string of the molecule is CCCCOc1ccc(-c2ccc(-c3nc4cc(Cl)ccc4o3)cc2)cc1F. The van der Waals surface area contributed by atoms with Gasteiger partial charge in [-0.05, 0) is 60.0 Å². The van der Waals surface area contributed by atoms with Crippen LogP contribution in [0.1, 0.15) is 19.8 Å². The van der Waals surface area contributed by atoms with E-state index in [0.717, 1.165) is 29.5 Å². The molecule has 3 aromatic carbocycles. The Labute approximate surface area is 167 Å². The second kappa shape index (κ2) is 8.03. The van der Waals surface area contributed by atoms with Crippen molar-refractivity contribution in [3.63, 3.8) is 0 Å². The molecule has 0 saturated carbocycles. The third-order valence-electron chi connectivity index (χ3n) is 4.50. The largest absolute Gasteiger partial charge is 0.491 e. The molecule has 0 fully saturated rings. The highest BCUT2D eigenvalue weighted by Gasteiger charge is 2.10. The third-order valence-corrected chi connectivity index (χ3v) is 4.74. The molecule has 0 radical (unpaired) electrons. The lowest BCUT2D eigenvalue weighted by Gasteiger charge is -2.08. The molecule has 0 spiro atoms. The van der Waals surface area contributed by atoms with Gasteiger partial charge in [-0.3, -0.25) is 0 Å². The van der Waals surface area contributed by atoms with Crippen LogP contribution in [0, 0.1) is 5.82 Å². The number of benzene rings is 3. The predicted octanol–water partition coefficient (Wildman–Crippen LogP) is 7.13. The van der Waals surface area contributed by atoms with Gasteiger partial charge in [-0.1, -0.05) is 43.1 Å². The van der Waals surface area contributed by atoms with E-state index in [1.165, 1.54) is 6.07 Å². The number of hydrogen-bond donors (Lipinski definition) is 0. The van der Waals surface area contributed by atoms with Crippen molar-refractivity contribution in [1.29, 1.82) is 0 Å². The molecular weight excluding hydrogens is 377 g/mol. The van der Waals surface area contributed by atoms with Crippen molar-refractivity contribution in [2.45, 2.75) is 19.8 Å². The fourth-order valence-electron chi connectivity index (χ4n) is 2.95. The van der Waals surface area contributed by atoms with Crippen LogP contribution in [-0.4, -0.2) is 11.6 Å². The highest BCUT2D eigenvalue weighted by Crippen LogP contribution is 2.30. The summed E-state index contributed by atoms with van der Waals surface area (Å²) >= 11 is 6.00. The molecule has 0 bridgehead atoms. The number of nitrogens with zero attached hydrogens (tertiary/aromatic N) is 1. The average Bonchev–Trinajstić information content (AvgIpc) is 3.12. The molecule has 3 nitrogen and oxygen atoms in total. The van der Waals surface area contributed by atoms with Crippen molar-refractivity contribution in [2.75, 3.05) is 6.61 Å². The second-order valence-corrected chi connectivity index (χ2v) is 6.99. The van der Waals surface area contributed by atoms with E-state index in [-0.39, 0.29) is 5.82 Å². The van der Waals surface area contributed by atoms with Gasteiger partial charge in [0.05, 0.1) is 6.61 Å². The maximum absolute atomic E-state index is 14.3. The van der Waals surface area contributed by atoms with E-state index < -0.39 is 0 Å². The van der Waals surface area contributed by atoms with Crippen LogP contribution in [0.5, 0.6) is 5.75 Å². The molecule has 0 aliphatic heterocycles. The standard InChI is InChI=1S/C23H19ClFNO2/c1-2-3-12-27-21-10-8-17(13-19(21)25)15-4-6-16(7-5-15)23-26-20-14-18(24)9-11-22(20)28-23/h4-11,13-14H,2-3,12H2,1H3. The third kappa shape index (κ3) is 3.87. The molecule has 0 atom stereocenters. The monoisotopic (exact) mass is 395 g/mol. The van der Waals surface area contributed by atoms with Gasteiger partial charge in [0.2, 0.25) is 5.89 Å². The summed E-state index contributed by atoms with van der Waals surface area (Å²) in [7, 11) is 0. The van der Waals surface area contributed by atoms with Gasteiger partial charge in [-0.2, -0.15) is 0 Å². The smallest absolute Gasteiger partial charge is 0.227 e. The molecule has 1 heterocycles. The van der Waals surface area contributed by atoms with Crippen LogP contribution in [0.4, 0.5) is 4.39 Å². The molecule has 0 aliphatic rings. The summed E-state index contributed by atoms with van der Waals surface area (Å²) in [5.74, 6) is 0.460. The lowest BCUT2D eigenvalue weighted by Crippen LogP contribution is -1.98. The molecule has 0 saturated heterocycles. The predicted molar refractivity (Wildman–Crippen MR) is 110 cm³/mol. The maximum Gasteiger partial charge on any atom is 0.227 e. The Morgan fingerprint density at radius 2 is 1.71 bits per heavy atom. The van der Waals surface area contributed by atoms with Crippen molar-refractivity contribution < 1.29 is 13.5 Å².